The second-order valence-corrected chi connectivity index (χ2v) is 6.21. The van der Waals surface area contributed by atoms with Gasteiger partial charge in [-0.3, -0.25) is 0 Å². The molecule has 0 atom stereocenters. The van der Waals surface area contributed by atoms with Gasteiger partial charge in [0.1, 0.15) is 16.7 Å². The molecule has 5 nitrogen and oxygen atoms in total. The lowest BCUT2D eigenvalue weighted by molar-refractivity contribution is 0.00843. The van der Waals surface area contributed by atoms with Gasteiger partial charge in [0, 0.05) is 16.9 Å². The number of rotatable bonds is 3. The van der Waals surface area contributed by atoms with Crippen LogP contribution in [0, 0.1) is 0 Å². The minimum Gasteiger partial charge on any atom is -0.458 e. The number of hydrogen-bond donors (Lipinski definition) is 1. The van der Waals surface area contributed by atoms with Gasteiger partial charge < -0.3 is 9.72 Å². The highest BCUT2D eigenvalue weighted by atomic mass is 35.7. The molecule has 0 aliphatic heterocycles. The third-order valence-electron chi connectivity index (χ3n) is 2.48. The van der Waals surface area contributed by atoms with Crippen molar-refractivity contribution in [2.45, 2.75) is 30.3 Å². The average molecular weight is 264 g/mol. The maximum atomic E-state index is 11.5. The first kappa shape index (κ1) is 11.5. The summed E-state index contributed by atoms with van der Waals surface area (Å²) in [5.41, 5.74) is 0.103. The van der Waals surface area contributed by atoms with Crippen LogP contribution in [0.4, 0.5) is 0 Å². The minimum atomic E-state index is -3.80. The van der Waals surface area contributed by atoms with Crippen LogP contribution in [0.15, 0.2) is 17.2 Å². The first-order chi connectivity index (χ1) is 7.47. The van der Waals surface area contributed by atoms with Gasteiger partial charge in [-0.2, -0.15) is 0 Å². The number of carbonyl (C=O) groups excluding carboxylic acids is 1. The van der Waals surface area contributed by atoms with Gasteiger partial charge in [-0.25, -0.2) is 13.2 Å². The van der Waals surface area contributed by atoms with Crippen LogP contribution in [-0.2, 0) is 13.8 Å². The molecule has 88 valence electrons. The number of nitrogens with one attached hydrogen (secondary N) is 1. The van der Waals surface area contributed by atoms with Gasteiger partial charge in [0.15, 0.2) is 0 Å². The number of aromatic nitrogens is 1. The maximum absolute atomic E-state index is 11.5. The highest BCUT2D eigenvalue weighted by molar-refractivity contribution is 8.13. The SMILES string of the molecule is O=C(OC1CCC1)c1cc(S(=O)(=O)Cl)c[nH]1. The standard InChI is InChI=1S/C9H10ClNO4S/c10-16(13,14)7-4-8(11-5-7)9(12)15-6-2-1-3-6/h4-6,11H,1-3H2. The second kappa shape index (κ2) is 4.10. The Kier molecular flexibility index (Phi) is 2.94. The molecule has 1 aliphatic rings. The van der Waals surface area contributed by atoms with E-state index in [4.69, 9.17) is 15.4 Å². The molecule has 0 radical (unpaired) electrons. The fourth-order valence-electron chi connectivity index (χ4n) is 1.34. The Morgan fingerprint density at radius 2 is 2.19 bits per heavy atom. The Morgan fingerprint density at radius 1 is 1.50 bits per heavy atom. The molecule has 1 aliphatic carbocycles. The molecule has 1 N–H and O–H groups in total. The number of esters is 1. The largest absolute Gasteiger partial charge is 0.458 e. The number of hydrogen-bond acceptors (Lipinski definition) is 4. The van der Waals surface area contributed by atoms with E-state index in [1.165, 1.54) is 12.3 Å². The predicted molar refractivity (Wildman–Crippen MR) is 56.9 cm³/mol. The molecule has 16 heavy (non-hydrogen) atoms. The topological polar surface area (TPSA) is 76.2 Å². The summed E-state index contributed by atoms with van der Waals surface area (Å²) in [5, 5.41) is 0. The Balaban J connectivity index is 2.09. The lowest BCUT2D eigenvalue weighted by atomic mass is 9.96. The molecule has 1 saturated carbocycles. The number of aromatic amines is 1. The first-order valence-corrected chi connectivity index (χ1v) is 7.12. The van der Waals surface area contributed by atoms with Crippen LogP contribution < -0.4 is 0 Å². The van der Waals surface area contributed by atoms with Crippen LogP contribution in [0.1, 0.15) is 29.8 Å². The Morgan fingerprint density at radius 3 is 2.62 bits per heavy atom. The number of H-pyrrole nitrogens is 1. The molecule has 0 bridgehead atoms. The lowest BCUT2D eigenvalue weighted by Gasteiger charge is -2.24. The van der Waals surface area contributed by atoms with Crippen molar-refractivity contribution in [3.8, 4) is 0 Å². The van der Waals surface area contributed by atoms with Crippen LogP contribution in [-0.4, -0.2) is 25.5 Å². The van der Waals surface area contributed by atoms with E-state index in [9.17, 15) is 13.2 Å². The van der Waals surface area contributed by atoms with E-state index >= 15 is 0 Å². The van der Waals surface area contributed by atoms with Crippen LogP contribution in [0.5, 0.6) is 0 Å². The van der Waals surface area contributed by atoms with Gasteiger partial charge in [0.2, 0.25) is 0 Å². The van der Waals surface area contributed by atoms with E-state index in [0.717, 1.165) is 19.3 Å². The Labute approximate surface area is 97.2 Å². The molecule has 0 amide bonds. The quantitative estimate of drug-likeness (QED) is 0.665. The van der Waals surface area contributed by atoms with Crippen molar-refractivity contribution in [2.75, 3.05) is 0 Å². The van der Waals surface area contributed by atoms with E-state index in [2.05, 4.69) is 4.98 Å². The monoisotopic (exact) mass is 263 g/mol. The smallest absolute Gasteiger partial charge is 0.355 e. The Bertz CT molecular complexity index is 503. The molecular formula is C9H10ClNO4S. The summed E-state index contributed by atoms with van der Waals surface area (Å²) >= 11 is 0. The zero-order valence-electron chi connectivity index (χ0n) is 8.27. The van der Waals surface area contributed by atoms with Crippen molar-refractivity contribution in [3.63, 3.8) is 0 Å². The van der Waals surface area contributed by atoms with Gasteiger partial charge in [-0.15, -0.1) is 0 Å². The van der Waals surface area contributed by atoms with Crippen LogP contribution in [0.2, 0.25) is 0 Å². The van der Waals surface area contributed by atoms with E-state index < -0.39 is 15.0 Å². The third-order valence-corrected chi connectivity index (χ3v) is 3.82. The normalized spacial score (nSPS) is 16.8. The van der Waals surface area contributed by atoms with Crippen molar-refractivity contribution in [1.29, 1.82) is 0 Å². The van der Waals surface area contributed by atoms with Crippen molar-refractivity contribution in [3.05, 3.63) is 18.0 Å². The summed E-state index contributed by atoms with van der Waals surface area (Å²) in [6.45, 7) is 0. The van der Waals surface area contributed by atoms with Crippen LogP contribution in [0.25, 0.3) is 0 Å². The summed E-state index contributed by atoms with van der Waals surface area (Å²) < 4.78 is 27.0. The Hall–Kier alpha value is -1.01. The zero-order valence-corrected chi connectivity index (χ0v) is 9.85. The molecule has 1 heterocycles. The maximum Gasteiger partial charge on any atom is 0.355 e. The van der Waals surface area contributed by atoms with Gasteiger partial charge in [0.25, 0.3) is 9.05 Å². The van der Waals surface area contributed by atoms with Gasteiger partial charge in [-0.1, -0.05) is 0 Å². The predicted octanol–water partition coefficient (Wildman–Crippen LogP) is 1.65. The molecule has 2 rings (SSSR count). The van der Waals surface area contributed by atoms with Crippen LogP contribution in [0.3, 0.4) is 0 Å². The van der Waals surface area contributed by atoms with Crippen molar-refractivity contribution in [1.82, 2.24) is 4.98 Å². The molecular weight excluding hydrogens is 254 g/mol. The van der Waals surface area contributed by atoms with Crippen molar-refractivity contribution < 1.29 is 17.9 Å². The van der Waals surface area contributed by atoms with E-state index in [-0.39, 0.29) is 16.7 Å². The third kappa shape index (κ3) is 2.38. The van der Waals surface area contributed by atoms with E-state index in [1.807, 2.05) is 0 Å². The molecule has 1 aromatic heterocycles. The lowest BCUT2D eigenvalue weighted by Crippen LogP contribution is -2.25. The van der Waals surface area contributed by atoms with E-state index in [1.54, 1.807) is 0 Å². The summed E-state index contributed by atoms with van der Waals surface area (Å²) in [6.07, 6.45) is 3.93. The second-order valence-electron chi connectivity index (χ2n) is 3.65. The highest BCUT2D eigenvalue weighted by Crippen LogP contribution is 2.23. The van der Waals surface area contributed by atoms with Crippen LogP contribution >= 0.6 is 10.7 Å². The number of carbonyl (C=O) groups is 1. The van der Waals surface area contributed by atoms with Gasteiger partial charge >= 0.3 is 5.97 Å². The summed E-state index contributed by atoms with van der Waals surface area (Å²) in [4.78, 5) is 13.9. The fourth-order valence-corrected chi connectivity index (χ4v) is 2.06. The molecule has 0 saturated heterocycles. The molecule has 1 aromatic rings. The first-order valence-electron chi connectivity index (χ1n) is 4.81. The van der Waals surface area contributed by atoms with Crippen molar-refractivity contribution in [2.24, 2.45) is 0 Å². The van der Waals surface area contributed by atoms with Crippen molar-refractivity contribution >= 4 is 25.7 Å². The highest BCUT2D eigenvalue weighted by Gasteiger charge is 2.24. The average Bonchev–Trinajstić information content (AvgIpc) is 2.58. The fraction of sp³-hybridized carbons (Fsp3) is 0.444. The molecule has 1 fully saturated rings. The minimum absolute atomic E-state index is 0.0353. The summed E-state index contributed by atoms with van der Waals surface area (Å²) in [5.74, 6) is -0.545. The molecule has 0 spiro atoms. The summed E-state index contributed by atoms with van der Waals surface area (Å²) in [7, 11) is 1.32. The molecule has 7 heteroatoms. The summed E-state index contributed by atoms with van der Waals surface area (Å²) in [6, 6.07) is 1.17. The number of halogens is 1. The molecule has 0 aromatic carbocycles. The van der Waals surface area contributed by atoms with Gasteiger partial charge in [0.05, 0.1) is 0 Å². The van der Waals surface area contributed by atoms with Gasteiger partial charge in [-0.05, 0) is 25.3 Å². The van der Waals surface area contributed by atoms with E-state index in [0.29, 0.717) is 0 Å². The molecule has 0 unspecified atom stereocenters. The number of ether oxygens (including phenoxy) is 1. The zero-order chi connectivity index (χ0) is 11.8.